The van der Waals surface area contributed by atoms with E-state index in [4.69, 9.17) is 9.47 Å². The second-order valence-electron chi connectivity index (χ2n) is 7.79. The number of halogens is 1. The molecule has 1 aromatic heterocycles. The number of nitrogens with one attached hydrogen (secondary N) is 1. The van der Waals surface area contributed by atoms with Gasteiger partial charge in [-0.3, -0.25) is 4.79 Å². The number of benzene rings is 2. The first-order valence-electron chi connectivity index (χ1n) is 11.5. The van der Waals surface area contributed by atoms with Crippen molar-refractivity contribution in [1.82, 2.24) is 14.8 Å². The van der Waals surface area contributed by atoms with Gasteiger partial charge in [-0.15, -0.1) is 16.8 Å². The Morgan fingerprint density at radius 2 is 1.97 bits per heavy atom. The molecule has 10 heteroatoms. The van der Waals surface area contributed by atoms with Crippen LogP contribution in [0, 0.1) is 6.92 Å². The summed E-state index contributed by atoms with van der Waals surface area (Å²) in [5.74, 6) is 1.28. The molecule has 1 heterocycles. The highest BCUT2D eigenvalue weighted by molar-refractivity contribution is 9.10. The van der Waals surface area contributed by atoms with Crippen molar-refractivity contribution in [3.05, 3.63) is 76.5 Å². The number of carbonyl (C=O) groups is 2. The second-order valence-corrected chi connectivity index (χ2v) is 9.65. The summed E-state index contributed by atoms with van der Waals surface area (Å²) in [6.45, 7) is 9.01. The van der Waals surface area contributed by atoms with Gasteiger partial charge in [-0.1, -0.05) is 33.8 Å². The van der Waals surface area contributed by atoms with Crippen LogP contribution >= 0.6 is 27.7 Å². The first-order valence-corrected chi connectivity index (χ1v) is 13.3. The molecule has 0 aliphatic heterocycles. The van der Waals surface area contributed by atoms with E-state index < -0.39 is 5.97 Å². The molecule has 3 rings (SSSR count). The number of hydrogen-bond donors (Lipinski definition) is 1. The lowest BCUT2D eigenvalue weighted by Crippen LogP contribution is -2.15. The molecule has 1 N–H and O–H groups in total. The van der Waals surface area contributed by atoms with Gasteiger partial charge in [0.25, 0.3) is 0 Å². The van der Waals surface area contributed by atoms with Crippen LogP contribution in [0.5, 0.6) is 5.75 Å². The first-order chi connectivity index (χ1) is 17.4. The lowest BCUT2D eigenvalue weighted by atomic mass is 10.2. The van der Waals surface area contributed by atoms with Crippen LogP contribution in [-0.4, -0.2) is 45.6 Å². The normalized spacial score (nSPS) is 10.6. The van der Waals surface area contributed by atoms with Crippen molar-refractivity contribution in [3.8, 4) is 5.75 Å². The van der Waals surface area contributed by atoms with Crippen molar-refractivity contribution >= 4 is 45.3 Å². The summed E-state index contributed by atoms with van der Waals surface area (Å²) in [6.07, 6.45) is 3.25. The summed E-state index contributed by atoms with van der Waals surface area (Å²) in [5, 5.41) is 12.1. The highest BCUT2D eigenvalue weighted by atomic mass is 79.9. The second kappa shape index (κ2) is 13.8. The zero-order valence-electron chi connectivity index (χ0n) is 20.3. The molecule has 0 saturated heterocycles. The Bertz CT molecular complexity index is 1200. The largest absolute Gasteiger partial charge is 0.493 e. The summed E-state index contributed by atoms with van der Waals surface area (Å²) in [4.78, 5) is 24.2. The van der Waals surface area contributed by atoms with E-state index in [9.17, 15) is 9.59 Å². The van der Waals surface area contributed by atoms with Gasteiger partial charge in [0, 0.05) is 23.1 Å². The third-order valence-electron chi connectivity index (χ3n) is 5.06. The van der Waals surface area contributed by atoms with Crippen molar-refractivity contribution < 1.29 is 19.1 Å². The van der Waals surface area contributed by atoms with Crippen LogP contribution in [0.1, 0.15) is 35.1 Å². The number of rotatable bonds is 13. The number of amides is 1. The van der Waals surface area contributed by atoms with Crippen molar-refractivity contribution in [2.45, 2.75) is 38.4 Å². The van der Waals surface area contributed by atoms with E-state index in [1.807, 2.05) is 29.7 Å². The molecule has 0 aliphatic carbocycles. The molecule has 0 saturated carbocycles. The van der Waals surface area contributed by atoms with E-state index >= 15 is 0 Å². The predicted octanol–water partition coefficient (Wildman–Crippen LogP) is 5.45. The van der Waals surface area contributed by atoms with E-state index in [1.54, 1.807) is 37.3 Å². The number of anilines is 1. The minimum absolute atomic E-state index is 0.168. The summed E-state index contributed by atoms with van der Waals surface area (Å²) in [6, 6.07) is 12.5. The highest BCUT2D eigenvalue weighted by Crippen LogP contribution is 2.23. The van der Waals surface area contributed by atoms with Crippen LogP contribution in [0.4, 0.5) is 5.69 Å². The number of ether oxygens (including phenoxy) is 2. The number of thioether (sulfide) groups is 1. The van der Waals surface area contributed by atoms with Gasteiger partial charge in [0.1, 0.15) is 11.6 Å². The summed E-state index contributed by atoms with van der Waals surface area (Å²) >= 11 is 4.77. The number of hydrogen-bond acceptors (Lipinski definition) is 7. The molecule has 36 heavy (non-hydrogen) atoms. The Hall–Kier alpha value is -3.11. The number of allylic oxidation sites excluding steroid dienone is 1. The maximum absolute atomic E-state index is 12.5. The monoisotopic (exact) mass is 572 g/mol. The van der Waals surface area contributed by atoms with Gasteiger partial charge in [-0.2, -0.15) is 0 Å². The average Bonchev–Trinajstić information content (AvgIpc) is 3.24. The standard InChI is InChI=1S/C26H29BrN4O4S/c1-4-14-31-23(7-6-15-35-22-13-10-20(27)16-18(22)3)29-30-26(31)36-17-24(32)28-21-11-8-19(9-12-21)25(33)34-5-2/h4,8-13,16H,1,5-7,14-15,17H2,2-3H3,(H,28,32). The molecule has 2 aromatic carbocycles. The molecule has 0 radical (unpaired) electrons. The predicted molar refractivity (Wildman–Crippen MR) is 145 cm³/mol. The first kappa shape index (κ1) is 27.5. The zero-order chi connectivity index (χ0) is 25.9. The van der Waals surface area contributed by atoms with Gasteiger partial charge in [-0.05, 0) is 68.3 Å². The molecule has 1 amide bonds. The van der Waals surface area contributed by atoms with Gasteiger partial charge >= 0.3 is 5.97 Å². The minimum Gasteiger partial charge on any atom is -0.493 e. The fourth-order valence-electron chi connectivity index (χ4n) is 3.34. The minimum atomic E-state index is -0.390. The van der Waals surface area contributed by atoms with Crippen LogP contribution in [0.3, 0.4) is 0 Å². The quantitative estimate of drug-likeness (QED) is 0.126. The van der Waals surface area contributed by atoms with Crippen LogP contribution in [-0.2, 0) is 22.5 Å². The topological polar surface area (TPSA) is 95.3 Å². The summed E-state index contributed by atoms with van der Waals surface area (Å²) in [7, 11) is 0. The Morgan fingerprint density at radius 3 is 2.67 bits per heavy atom. The molecule has 8 nitrogen and oxygen atoms in total. The molecule has 0 unspecified atom stereocenters. The third-order valence-corrected chi connectivity index (χ3v) is 6.52. The Morgan fingerprint density at radius 1 is 1.19 bits per heavy atom. The van der Waals surface area contributed by atoms with Gasteiger partial charge < -0.3 is 19.4 Å². The number of nitrogens with zero attached hydrogens (tertiary/aromatic N) is 3. The highest BCUT2D eigenvalue weighted by Gasteiger charge is 2.14. The van der Waals surface area contributed by atoms with Gasteiger partial charge in [-0.25, -0.2) is 4.79 Å². The van der Waals surface area contributed by atoms with E-state index in [1.165, 1.54) is 11.8 Å². The molecular formula is C26H29BrN4O4S. The molecule has 0 aliphatic rings. The van der Waals surface area contributed by atoms with Gasteiger partial charge in [0.2, 0.25) is 5.91 Å². The SMILES string of the molecule is C=CCn1c(CCCOc2ccc(Br)cc2C)nnc1SCC(=O)Nc1ccc(C(=O)OCC)cc1. The number of aromatic nitrogens is 3. The van der Waals surface area contributed by atoms with Crippen LogP contribution in [0.15, 0.2) is 64.7 Å². The smallest absolute Gasteiger partial charge is 0.338 e. The summed E-state index contributed by atoms with van der Waals surface area (Å²) in [5.41, 5.74) is 2.11. The van der Waals surface area contributed by atoms with E-state index in [0.29, 0.717) is 42.6 Å². The number of aryl methyl sites for hydroxylation is 2. The molecule has 0 atom stereocenters. The van der Waals surface area contributed by atoms with Crippen LogP contribution in [0.25, 0.3) is 0 Å². The zero-order valence-corrected chi connectivity index (χ0v) is 22.7. The van der Waals surface area contributed by atoms with Crippen molar-refractivity contribution in [1.29, 1.82) is 0 Å². The Kier molecular flexibility index (Phi) is 10.6. The molecule has 190 valence electrons. The van der Waals surface area contributed by atoms with E-state index in [2.05, 4.69) is 38.0 Å². The van der Waals surface area contributed by atoms with Gasteiger partial charge in [0.15, 0.2) is 5.16 Å². The fourth-order valence-corrected chi connectivity index (χ4v) is 4.58. The van der Waals surface area contributed by atoms with Crippen molar-refractivity contribution in [2.75, 3.05) is 24.3 Å². The summed E-state index contributed by atoms with van der Waals surface area (Å²) < 4.78 is 13.9. The van der Waals surface area contributed by atoms with E-state index in [0.717, 1.165) is 28.0 Å². The molecule has 3 aromatic rings. The van der Waals surface area contributed by atoms with Crippen LogP contribution in [0.2, 0.25) is 0 Å². The molecular weight excluding hydrogens is 544 g/mol. The Labute approximate surface area is 223 Å². The molecule has 0 fully saturated rings. The van der Waals surface area contributed by atoms with Crippen LogP contribution < -0.4 is 10.1 Å². The maximum atomic E-state index is 12.5. The number of carbonyl (C=O) groups excluding carboxylic acids is 2. The maximum Gasteiger partial charge on any atom is 0.338 e. The average molecular weight is 574 g/mol. The van der Waals surface area contributed by atoms with Crippen molar-refractivity contribution in [3.63, 3.8) is 0 Å². The van der Waals surface area contributed by atoms with Crippen molar-refractivity contribution in [2.24, 2.45) is 0 Å². The Balaban J connectivity index is 1.50. The molecule has 0 spiro atoms. The lowest BCUT2D eigenvalue weighted by Gasteiger charge is -2.10. The van der Waals surface area contributed by atoms with E-state index in [-0.39, 0.29) is 11.7 Å². The third kappa shape index (κ3) is 7.96. The molecule has 0 bridgehead atoms. The lowest BCUT2D eigenvalue weighted by molar-refractivity contribution is -0.113. The fraction of sp³-hybridized carbons (Fsp3) is 0.308. The number of esters is 1. The van der Waals surface area contributed by atoms with Gasteiger partial charge in [0.05, 0.1) is 24.5 Å².